The summed E-state index contributed by atoms with van der Waals surface area (Å²) in [5.74, 6) is 1.84. The molecule has 1 aromatic heterocycles. The molecular formula is C18H23N3O2. The van der Waals surface area contributed by atoms with Crippen LogP contribution in [0.2, 0.25) is 0 Å². The van der Waals surface area contributed by atoms with Gasteiger partial charge in [-0.25, -0.2) is 4.98 Å². The number of rotatable bonds is 3. The summed E-state index contributed by atoms with van der Waals surface area (Å²) < 4.78 is 2.19. The van der Waals surface area contributed by atoms with E-state index in [1.54, 1.807) is 18.2 Å². The molecule has 1 aromatic carbocycles. The average Bonchev–Trinajstić information content (AvgIpc) is 3.05. The zero-order valence-corrected chi connectivity index (χ0v) is 13.7. The van der Waals surface area contributed by atoms with Gasteiger partial charge in [-0.2, -0.15) is 0 Å². The Morgan fingerprint density at radius 3 is 2.74 bits per heavy atom. The quantitative estimate of drug-likeness (QED) is 0.948. The number of hydrogen-bond acceptors (Lipinski definition) is 3. The number of phenols is 1. The predicted molar refractivity (Wildman–Crippen MR) is 88.6 cm³/mol. The van der Waals surface area contributed by atoms with Gasteiger partial charge in [0.2, 0.25) is 0 Å². The summed E-state index contributed by atoms with van der Waals surface area (Å²) in [5, 5.41) is 9.59. The highest BCUT2D eigenvalue weighted by atomic mass is 16.3. The molecule has 5 nitrogen and oxygen atoms in total. The zero-order valence-electron chi connectivity index (χ0n) is 13.7. The van der Waals surface area contributed by atoms with Gasteiger partial charge in [-0.05, 0) is 50.5 Å². The van der Waals surface area contributed by atoms with Gasteiger partial charge in [-0.15, -0.1) is 0 Å². The lowest BCUT2D eigenvalue weighted by molar-refractivity contribution is 0.0710. The standard InChI is InChI=1S/C18H23N3O2/c1-3-20-11-8-19-17(20)14-6-9-21(10-7-14)18(23)15-4-5-16(22)13(2)12-15/h4-5,8,11-12,14,22H,3,6-7,9-10H2,1-2H3. The number of aromatic hydroxyl groups is 1. The summed E-state index contributed by atoms with van der Waals surface area (Å²) in [6, 6.07) is 5.04. The fourth-order valence-corrected chi connectivity index (χ4v) is 3.26. The van der Waals surface area contributed by atoms with Crippen LogP contribution in [0, 0.1) is 6.92 Å². The van der Waals surface area contributed by atoms with E-state index < -0.39 is 0 Å². The minimum Gasteiger partial charge on any atom is -0.508 e. The number of carbonyl (C=O) groups is 1. The van der Waals surface area contributed by atoms with Crippen LogP contribution < -0.4 is 0 Å². The minimum absolute atomic E-state index is 0.0467. The summed E-state index contributed by atoms with van der Waals surface area (Å²) in [4.78, 5) is 19.0. The van der Waals surface area contributed by atoms with Crippen LogP contribution in [-0.4, -0.2) is 38.6 Å². The summed E-state index contributed by atoms with van der Waals surface area (Å²) in [6.07, 6.45) is 5.77. The number of amides is 1. The van der Waals surface area contributed by atoms with Crippen molar-refractivity contribution in [1.29, 1.82) is 0 Å². The normalized spacial score (nSPS) is 15.8. The van der Waals surface area contributed by atoms with Crippen molar-refractivity contribution in [3.05, 3.63) is 47.5 Å². The van der Waals surface area contributed by atoms with Crippen LogP contribution in [0.1, 0.15) is 47.4 Å². The van der Waals surface area contributed by atoms with E-state index in [-0.39, 0.29) is 11.7 Å². The Morgan fingerprint density at radius 2 is 2.09 bits per heavy atom. The Balaban J connectivity index is 1.66. The molecule has 1 fully saturated rings. The fourth-order valence-electron chi connectivity index (χ4n) is 3.26. The van der Waals surface area contributed by atoms with Gasteiger partial charge in [0.1, 0.15) is 11.6 Å². The van der Waals surface area contributed by atoms with Gasteiger partial charge in [0.25, 0.3) is 5.91 Å². The second-order valence-corrected chi connectivity index (χ2v) is 6.14. The highest BCUT2D eigenvalue weighted by Gasteiger charge is 2.26. The number of hydrogen-bond donors (Lipinski definition) is 1. The monoisotopic (exact) mass is 313 g/mol. The van der Waals surface area contributed by atoms with Crippen LogP contribution in [0.4, 0.5) is 0 Å². The van der Waals surface area contributed by atoms with Gasteiger partial charge < -0.3 is 14.6 Å². The molecule has 2 heterocycles. The highest BCUT2D eigenvalue weighted by molar-refractivity contribution is 5.94. The third-order valence-electron chi connectivity index (χ3n) is 4.68. The SMILES string of the molecule is CCn1ccnc1C1CCN(C(=O)c2ccc(O)c(C)c2)CC1. The number of aromatic nitrogens is 2. The Kier molecular flexibility index (Phi) is 4.37. The van der Waals surface area contributed by atoms with E-state index in [0.717, 1.165) is 43.9 Å². The van der Waals surface area contributed by atoms with E-state index in [9.17, 15) is 9.90 Å². The first-order valence-corrected chi connectivity index (χ1v) is 8.20. The Bertz CT molecular complexity index is 700. The van der Waals surface area contributed by atoms with Crippen LogP contribution in [0.25, 0.3) is 0 Å². The number of benzene rings is 1. The molecule has 122 valence electrons. The van der Waals surface area contributed by atoms with Crippen LogP contribution in [-0.2, 0) is 6.54 Å². The van der Waals surface area contributed by atoms with E-state index in [4.69, 9.17) is 0 Å². The van der Waals surface area contributed by atoms with Crippen LogP contribution in [0.3, 0.4) is 0 Å². The molecule has 1 aliphatic heterocycles. The summed E-state index contributed by atoms with van der Waals surface area (Å²) in [5.41, 5.74) is 1.38. The molecule has 0 saturated carbocycles. The van der Waals surface area contributed by atoms with Gasteiger partial charge in [0.15, 0.2) is 0 Å². The Labute approximate surface area is 136 Å². The second kappa shape index (κ2) is 6.44. The zero-order chi connectivity index (χ0) is 16.4. The molecule has 2 aromatic rings. The van der Waals surface area contributed by atoms with Crippen molar-refractivity contribution in [2.45, 2.75) is 39.2 Å². The minimum atomic E-state index is 0.0467. The lowest BCUT2D eigenvalue weighted by Gasteiger charge is -2.32. The van der Waals surface area contributed by atoms with Gasteiger partial charge in [-0.1, -0.05) is 0 Å². The number of aryl methyl sites for hydroxylation is 2. The maximum Gasteiger partial charge on any atom is 0.253 e. The molecule has 0 spiro atoms. The third kappa shape index (κ3) is 3.09. The third-order valence-corrected chi connectivity index (χ3v) is 4.68. The van der Waals surface area contributed by atoms with E-state index >= 15 is 0 Å². The Hall–Kier alpha value is -2.30. The maximum absolute atomic E-state index is 12.6. The van der Waals surface area contributed by atoms with Crippen molar-refractivity contribution in [1.82, 2.24) is 14.5 Å². The molecule has 1 N–H and O–H groups in total. The van der Waals surface area contributed by atoms with Gasteiger partial charge in [0, 0.05) is 43.5 Å². The topological polar surface area (TPSA) is 58.4 Å². The van der Waals surface area contributed by atoms with E-state index in [0.29, 0.717) is 11.5 Å². The summed E-state index contributed by atoms with van der Waals surface area (Å²) in [6.45, 7) is 6.36. The molecule has 0 unspecified atom stereocenters. The smallest absolute Gasteiger partial charge is 0.253 e. The van der Waals surface area contributed by atoms with Crippen molar-refractivity contribution in [3.8, 4) is 5.75 Å². The lowest BCUT2D eigenvalue weighted by atomic mass is 9.95. The van der Waals surface area contributed by atoms with E-state index in [1.165, 1.54) is 0 Å². The molecule has 23 heavy (non-hydrogen) atoms. The first-order valence-electron chi connectivity index (χ1n) is 8.20. The number of carbonyl (C=O) groups excluding carboxylic acids is 1. The van der Waals surface area contributed by atoms with Crippen molar-refractivity contribution in [2.75, 3.05) is 13.1 Å². The molecule has 1 amide bonds. The fraction of sp³-hybridized carbons (Fsp3) is 0.444. The number of likely N-dealkylation sites (tertiary alicyclic amines) is 1. The van der Waals surface area contributed by atoms with Crippen LogP contribution in [0.5, 0.6) is 5.75 Å². The van der Waals surface area contributed by atoms with E-state index in [1.807, 2.05) is 24.2 Å². The molecule has 1 saturated heterocycles. The molecule has 0 radical (unpaired) electrons. The van der Waals surface area contributed by atoms with Crippen LogP contribution >= 0.6 is 0 Å². The van der Waals surface area contributed by atoms with Gasteiger partial charge >= 0.3 is 0 Å². The second-order valence-electron chi connectivity index (χ2n) is 6.14. The molecule has 1 aliphatic rings. The van der Waals surface area contributed by atoms with Crippen LogP contribution in [0.15, 0.2) is 30.6 Å². The number of piperidine rings is 1. The maximum atomic E-state index is 12.6. The van der Waals surface area contributed by atoms with Crippen molar-refractivity contribution in [2.24, 2.45) is 0 Å². The predicted octanol–water partition coefficient (Wildman–Crippen LogP) is 2.94. The average molecular weight is 313 g/mol. The molecule has 3 rings (SSSR count). The van der Waals surface area contributed by atoms with Crippen molar-refractivity contribution in [3.63, 3.8) is 0 Å². The van der Waals surface area contributed by atoms with Gasteiger partial charge in [0.05, 0.1) is 0 Å². The first-order chi connectivity index (χ1) is 11.1. The molecule has 0 atom stereocenters. The Morgan fingerprint density at radius 1 is 1.35 bits per heavy atom. The number of phenolic OH excluding ortho intramolecular Hbond substituents is 1. The number of imidazole rings is 1. The molecule has 5 heteroatoms. The van der Waals surface area contributed by atoms with Gasteiger partial charge in [-0.3, -0.25) is 4.79 Å². The molecule has 0 bridgehead atoms. The largest absolute Gasteiger partial charge is 0.508 e. The number of nitrogens with zero attached hydrogens (tertiary/aromatic N) is 3. The summed E-state index contributed by atoms with van der Waals surface area (Å²) >= 11 is 0. The lowest BCUT2D eigenvalue weighted by Crippen LogP contribution is -2.38. The highest BCUT2D eigenvalue weighted by Crippen LogP contribution is 2.28. The first kappa shape index (κ1) is 15.6. The summed E-state index contributed by atoms with van der Waals surface area (Å²) in [7, 11) is 0. The molecule has 0 aliphatic carbocycles. The van der Waals surface area contributed by atoms with E-state index in [2.05, 4.69) is 16.5 Å². The molecular weight excluding hydrogens is 290 g/mol. The van der Waals surface area contributed by atoms with Crippen molar-refractivity contribution >= 4 is 5.91 Å². The van der Waals surface area contributed by atoms with Crippen molar-refractivity contribution < 1.29 is 9.90 Å².